The van der Waals surface area contributed by atoms with Crippen LogP contribution in [0.25, 0.3) is 0 Å². The van der Waals surface area contributed by atoms with E-state index in [1.54, 1.807) is 0 Å². The summed E-state index contributed by atoms with van der Waals surface area (Å²) in [5, 5.41) is 3.49. The summed E-state index contributed by atoms with van der Waals surface area (Å²) in [6, 6.07) is 0. The van der Waals surface area contributed by atoms with Gasteiger partial charge in [0.05, 0.1) is 0 Å². The van der Waals surface area contributed by atoms with Crippen molar-refractivity contribution in [3.63, 3.8) is 0 Å². The predicted molar refractivity (Wildman–Crippen MR) is 90.8 cm³/mol. The van der Waals surface area contributed by atoms with Gasteiger partial charge in [0.1, 0.15) is 0 Å². The molecule has 122 valence electrons. The summed E-state index contributed by atoms with van der Waals surface area (Å²) in [4.78, 5) is 9.97. The zero-order valence-electron chi connectivity index (χ0n) is 14.5. The van der Waals surface area contributed by atoms with Crippen molar-refractivity contribution >= 4 is 5.96 Å². The van der Waals surface area contributed by atoms with Crippen molar-refractivity contribution < 1.29 is 0 Å². The van der Waals surface area contributed by atoms with Gasteiger partial charge in [-0.05, 0) is 50.6 Å². The zero-order chi connectivity index (χ0) is 15.3. The second kappa shape index (κ2) is 7.48. The lowest BCUT2D eigenvalue weighted by Gasteiger charge is -2.31. The lowest BCUT2D eigenvalue weighted by Crippen LogP contribution is -2.42. The molecule has 1 N–H and O–H groups in total. The fourth-order valence-electron chi connectivity index (χ4n) is 3.52. The fourth-order valence-corrected chi connectivity index (χ4v) is 3.52. The minimum absolute atomic E-state index is 0.431. The summed E-state index contributed by atoms with van der Waals surface area (Å²) in [7, 11) is 0. The molecule has 0 saturated carbocycles. The van der Waals surface area contributed by atoms with Gasteiger partial charge in [0.15, 0.2) is 5.96 Å². The maximum atomic E-state index is 4.96. The van der Waals surface area contributed by atoms with Gasteiger partial charge in [0.25, 0.3) is 0 Å². The number of aliphatic imine (C=N–C) groups is 1. The molecular weight excluding hydrogens is 260 g/mol. The topological polar surface area (TPSA) is 30.9 Å². The van der Waals surface area contributed by atoms with E-state index in [0.717, 1.165) is 38.1 Å². The average Bonchev–Trinajstić information content (AvgIpc) is 2.83. The van der Waals surface area contributed by atoms with Crippen LogP contribution in [-0.2, 0) is 0 Å². The van der Waals surface area contributed by atoms with E-state index in [9.17, 15) is 0 Å². The molecule has 0 aromatic rings. The van der Waals surface area contributed by atoms with Gasteiger partial charge < -0.3 is 15.1 Å². The third-order valence-corrected chi connectivity index (χ3v) is 4.86. The monoisotopic (exact) mass is 294 g/mol. The van der Waals surface area contributed by atoms with Gasteiger partial charge in [-0.3, -0.25) is 4.99 Å². The van der Waals surface area contributed by atoms with Crippen molar-refractivity contribution in [1.82, 2.24) is 15.1 Å². The standard InChI is InChI=1S/C17H34N4/c1-5-18-16(21-11-9-17(3,4)14-21)19-12-15-8-7-10-20(6-2)13-15/h15H,5-14H2,1-4H3,(H,18,19). The molecule has 0 spiro atoms. The first-order valence-electron chi connectivity index (χ1n) is 8.79. The number of likely N-dealkylation sites (tertiary alicyclic amines) is 2. The first-order chi connectivity index (χ1) is 10.0. The smallest absolute Gasteiger partial charge is 0.193 e. The lowest BCUT2D eigenvalue weighted by molar-refractivity contribution is 0.186. The molecule has 2 aliphatic rings. The highest BCUT2D eigenvalue weighted by Gasteiger charge is 2.31. The highest BCUT2D eigenvalue weighted by molar-refractivity contribution is 5.80. The van der Waals surface area contributed by atoms with Crippen molar-refractivity contribution in [3.8, 4) is 0 Å². The Morgan fingerprint density at radius 3 is 2.71 bits per heavy atom. The summed E-state index contributed by atoms with van der Waals surface area (Å²) in [6.07, 6.45) is 3.94. The van der Waals surface area contributed by atoms with Gasteiger partial charge in [-0.15, -0.1) is 0 Å². The zero-order valence-corrected chi connectivity index (χ0v) is 14.5. The summed E-state index contributed by atoms with van der Waals surface area (Å²) < 4.78 is 0. The van der Waals surface area contributed by atoms with Crippen LogP contribution in [-0.4, -0.2) is 61.6 Å². The Hall–Kier alpha value is -0.770. The summed E-state index contributed by atoms with van der Waals surface area (Å²) in [6.45, 7) is 17.0. The Morgan fingerprint density at radius 2 is 2.10 bits per heavy atom. The minimum Gasteiger partial charge on any atom is -0.357 e. The molecule has 0 aromatic heterocycles. The molecule has 0 aromatic carbocycles. The quantitative estimate of drug-likeness (QED) is 0.638. The van der Waals surface area contributed by atoms with Gasteiger partial charge in [0.2, 0.25) is 0 Å². The third kappa shape index (κ3) is 4.87. The van der Waals surface area contributed by atoms with Gasteiger partial charge in [-0.2, -0.15) is 0 Å². The molecule has 2 saturated heterocycles. The molecule has 0 radical (unpaired) electrons. The number of hydrogen-bond acceptors (Lipinski definition) is 2. The Kier molecular flexibility index (Phi) is 5.91. The average molecular weight is 294 g/mol. The van der Waals surface area contributed by atoms with Crippen LogP contribution in [0.15, 0.2) is 4.99 Å². The van der Waals surface area contributed by atoms with E-state index in [1.165, 1.54) is 38.9 Å². The maximum Gasteiger partial charge on any atom is 0.193 e. The highest BCUT2D eigenvalue weighted by atomic mass is 15.3. The summed E-state index contributed by atoms with van der Waals surface area (Å²) >= 11 is 0. The van der Waals surface area contributed by atoms with Crippen LogP contribution in [0.4, 0.5) is 0 Å². The second-order valence-corrected chi connectivity index (χ2v) is 7.43. The van der Waals surface area contributed by atoms with Crippen LogP contribution in [0.3, 0.4) is 0 Å². The number of nitrogens with one attached hydrogen (secondary N) is 1. The van der Waals surface area contributed by atoms with E-state index in [-0.39, 0.29) is 0 Å². The van der Waals surface area contributed by atoms with Gasteiger partial charge in [-0.25, -0.2) is 0 Å². The fraction of sp³-hybridized carbons (Fsp3) is 0.941. The van der Waals surface area contributed by atoms with Crippen LogP contribution in [0.5, 0.6) is 0 Å². The van der Waals surface area contributed by atoms with Crippen LogP contribution < -0.4 is 5.32 Å². The van der Waals surface area contributed by atoms with Crippen molar-refractivity contribution in [2.24, 2.45) is 16.3 Å². The number of guanidine groups is 1. The first-order valence-corrected chi connectivity index (χ1v) is 8.79. The minimum atomic E-state index is 0.431. The van der Waals surface area contributed by atoms with Crippen LogP contribution in [0.2, 0.25) is 0 Å². The maximum absolute atomic E-state index is 4.96. The summed E-state index contributed by atoms with van der Waals surface area (Å²) in [5.74, 6) is 1.87. The summed E-state index contributed by atoms with van der Waals surface area (Å²) in [5.41, 5.74) is 0.431. The van der Waals surface area contributed by atoms with E-state index in [1.807, 2.05) is 0 Å². The Balaban J connectivity index is 1.91. The number of rotatable bonds is 4. The molecule has 4 nitrogen and oxygen atoms in total. The molecule has 2 fully saturated rings. The highest BCUT2D eigenvalue weighted by Crippen LogP contribution is 2.28. The Morgan fingerprint density at radius 1 is 1.29 bits per heavy atom. The number of nitrogens with zero attached hydrogens (tertiary/aromatic N) is 3. The molecule has 21 heavy (non-hydrogen) atoms. The number of hydrogen-bond donors (Lipinski definition) is 1. The molecule has 4 heteroatoms. The number of piperidine rings is 1. The third-order valence-electron chi connectivity index (χ3n) is 4.86. The molecule has 2 rings (SSSR count). The Bertz CT molecular complexity index is 351. The van der Waals surface area contributed by atoms with E-state index in [2.05, 4.69) is 42.8 Å². The van der Waals surface area contributed by atoms with Crippen LogP contribution >= 0.6 is 0 Å². The van der Waals surface area contributed by atoms with Crippen molar-refractivity contribution in [1.29, 1.82) is 0 Å². The van der Waals surface area contributed by atoms with E-state index >= 15 is 0 Å². The van der Waals surface area contributed by atoms with Crippen molar-refractivity contribution in [2.45, 2.75) is 47.0 Å². The largest absolute Gasteiger partial charge is 0.357 e. The van der Waals surface area contributed by atoms with E-state index in [0.29, 0.717) is 5.41 Å². The second-order valence-electron chi connectivity index (χ2n) is 7.43. The molecule has 0 amide bonds. The van der Waals surface area contributed by atoms with Gasteiger partial charge >= 0.3 is 0 Å². The van der Waals surface area contributed by atoms with Crippen molar-refractivity contribution in [2.75, 3.05) is 45.8 Å². The van der Waals surface area contributed by atoms with Crippen LogP contribution in [0, 0.1) is 11.3 Å². The predicted octanol–water partition coefficient (Wildman–Crippen LogP) is 2.42. The molecule has 1 unspecified atom stereocenters. The molecule has 1 atom stereocenters. The normalized spacial score (nSPS) is 27.1. The molecule has 2 aliphatic heterocycles. The first kappa shape index (κ1) is 16.6. The molecule has 0 bridgehead atoms. The molecule has 2 heterocycles. The van der Waals surface area contributed by atoms with Gasteiger partial charge in [0, 0.05) is 32.7 Å². The van der Waals surface area contributed by atoms with E-state index in [4.69, 9.17) is 4.99 Å². The Labute approximate surface area is 131 Å². The van der Waals surface area contributed by atoms with Crippen LogP contribution in [0.1, 0.15) is 47.0 Å². The van der Waals surface area contributed by atoms with E-state index < -0.39 is 0 Å². The molecule has 0 aliphatic carbocycles. The molecular formula is C17H34N4. The SMILES string of the molecule is CCNC(=NCC1CCCN(CC)C1)N1CCC(C)(C)C1. The van der Waals surface area contributed by atoms with Gasteiger partial charge in [-0.1, -0.05) is 20.8 Å². The van der Waals surface area contributed by atoms with Crippen molar-refractivity contribution in [3.05, 3.63) is 0 Å². The lowest BCUT2D eigenvalue weighted by atomic mass is 9.93.